The summed E-state index contributed by atoms with van der Waals surface area (Å²) in [5.41, 5.74) is 6.26. The van der Waals surface area contributed by atoms with Crippen LogP contribution in [0.3, 0.4) is 0 Å². The van der Waals surface area contributed by atoms with Crippen molar-refractivity contribution >= 4 is 11.7 Å². The molecule has 0 radical (unpaired) electrons. The van der Waals surface area contributed by atoms with Gasteiger partial charge in [-0.3, -0.25) is 4.79 Å². The summed E-state index contributed by atoms with van der Waals surface area (Å²) in [5.74, 6) is 1.24. The van der Waals surface area contributed by atoms with Crippen LogP contribution in [0.25, 0.3) is 0 Å². The first kappa shape index (κ1) is 15.7. The third-order valence-corrected chi connectivity index (χ3v) is 3.75. The molecule has 1 saturated heterocycles. The first-order chi connectivity index (χ1) is 10.1. The molecule has 0 bridgehead atoms. The average Bonchev–Trinajstić information content (AvgIpc) is 2.48. The van der Waals surface area contributed by atoms with Crippen LogP contribution in [0.1, 0.15) is 43.6 Å². The molecule has 0 saturated carbocycles. The third-order valence-electron chi connectivity index (χ3n) is 3.75. The first-order valence-corrected chi connectivity index (χ1v) is 7.68. The number of hydrogen-bond acceptors (Lipinski definition) is 5. The molecular formula is C15H25N5O. The minimum absolute atomic E-state index is 0.157. The lowest BCUT2D eigenvalue weighted by Crippen LogP contribution is -2.40. The highest BCUT2D eigenvalue weighted by molar-refractivity contribution is 5.92. The van der Waals surface area contributed by atoms with Crippen molar-refractivity contribution in [1.82, 2.24) is 15.5 Å². The van der Waals surface area contributed by atoms with Gasteiger partial charge in [-0.25, -0.2) is 0 Å². The monoisotopic (exact) mass is 291 g/mol. The lowest BCUT2D eigenvalue weighted by molar-refractivity contribution is 0.0946. The number of nitrogens with one attached hydrogen (secondary N) is 1. The lowest BCUT2D eigenvalue weighted by Gasteiger charge is -2.30. The second kappa shape index (κ2) is 7.36. The van der Waals surface area contributed by atoms with Crippen molar-refractivity contribution in [2.45, 2.75) is 39.2 Å². The van der Waals surface area contributed by atoms with E-state index in [1.165, 1.54) is 0 Å². The van der Waals surface area contributed by atoms with Crippen molar-refractivity contribution in [3.05, 3.63) is 17.8 Å². The van der Waals surface area contributed by atoms with E-state index in [9.17, 15) is 4.79 Å². The van der Waals surface area contributed by atoms with Gasteiger partial charge in [0.2, 0.25) is 0 Å². The van der Waals surface area contributed by atoms with Crippen molar-refractivity contribution in [3.63, 3.8) is 0 Å². The fourth-order valence-corrected chi connectivity index (χ4v) is 2.31. The van der Waals surface area contributed by atoms with Gasteiger partial charge in [0.1, 0.15) is 0 Å². The van der Waals surface area contributed by atoms with Crippen LogP contribution in [-0.2, 0) is 0 Å². The molecule has 6 heteroatoms. The molecule has 0 aromatic carbocycles. The summed E-state index contributed by atoms with van der Waals surface area (Å²) in [6.45, 7) is 6.73. The van der Waals surface area contributed by atoms with Gasteiger partial charge in [0.25, 0.3) is 5.91 Å². The second-order valence-corrected chi connectivity index (χ2v) is 6.04. The molecule has 0 aliphatic carbocycles. The first-order valence-electron chi connectivity index (χ1n) is 7.68. The Balaban J connectivity index is 1.88. The zero-order chi connectivity index (χ0) is 15.2. The van der Waals surface area contributed by atoms with Gasteiger partial charge in [-0.15, -0.1) is 10.2 Å². The van der Waals surface area contributed by atoms with Gasteiger partial charge in [-0.2, -0.15) is 0 Å². The fourth-order valence-electron chi connectivity index (χ4n) is 2.31. The van der Waals surface area contributed by atoms with E-state index in [0.29, 0.717) is 24.2 Å². The minimum atomic E-state index is -0.157. The lowest BCUT2D eigenvalue weighted by atomic mass is 10.1. The molecule has 0 spiro atoms. The Morgan fingerprint density at radius 1 is 1.38 bits per heavy atom. The highest BCUT2D eigenvalue weighted by Gasteiger charge is 2.18. The molecule has 1 amide bonds. The van der Waals surface area contributed by atoms with E-state index in [2.05, 4.69) is 34.3 Å². The standard InChI is InChI=1S/C15H25N5O/c1-11(2)5-8-17-15(21)13-3-4-14(19-18-13)20-9-6-12(16)7-10-20/h3-4,11-12H,5-10,16H2,1-2H3,(H,17,21). The summed E-state index contributed by atoms with van der Waals surface area (Å²) in [6.07, 6.45) is 2.91. The van der Waals surface area contributed by atoms with Crippen molar-refractivity contribution < 1.29 is 4.79 Å². The van der Waals surface area contributed by atoms with Crippen LogP contribution in [-0.4, -0.2) is 41.8 Å². The normalized spacial score (nSPS) is 16.3. The molecule has 1 aromatic heterocycles. The summed E-state index contributed by atoms with van der Waals surface area (Å²) in [4.78, 5) is 14.1. The highest BCUT2D eigenvalue weighted by Crippen LogP contribution is 2.16. The van der Waals surface area contributed by atoms with Gasteiger partial charge >= 0.3 is 0 Å². The Morgan fingerprint density at radius 2 is 2.10 bits per heavy atom. The van der Waals surface area contributed by atoms with Crippen LogP contribution in [0.5, 0.6) is 0 Å². The van der Waals surface area contributed by atoms with E-state index in [0.717, 1.165) is 38.2 Å². The Kier molecular flexibility index (Phi) is 5.50. The van der Waals surface area contributed by atoms with Crippen molar-refractivity contribution in [3.8, 4) is 0 Å². The zero-order valence-corrected chi connectivity index (χ0v) is 12.9. The number of nitrogens with zero attached hydrogens (tertiary/aromatic N) is 3. The van der Waals surface area contributed by atoms with Gasteiger partial charge in [0.05, 0.1) is 0 Å². The molecule has 0 unspecified atom stereocenters. The van der Waals surface area contributed by atoms with Gasteiger partial charge in [0, 0.05) is 25.7 Å². The predicted molar refractivity (Wildman–Crippen MR) is 83.2 cm³/mol. The van der Waals surface area contributed by atoms with Crippen molar-refractivity contribution in [2.75, 3.05) is 24.5 Å². The Bertz CT molecular complexity index is 452. The number of aromatic nitrogens is 2. The molecule has 2 rings (SSSR count). The van der Waals surface area contributed by atoms with Crippen LogP contribution >= 0.6 is 0 Å². The smallest absolute Gasteiger partial charge is 0.271 e. The van der Waals surface area contributed by atoms with Gasteiger partial charge in [0.15, 0.2) is 11.5 Å². The number of anilines is 1. The number of nitrogens with two attached hydrogens (primary N) is 1. The van der Waals surface area contributed by atoms with E-state index >= 15 is 0 Å². The van der Waals surface area contributed by atoms with Crippen LogP contribution in [0.2, 0.25) is 0 Å². The molecule has 3 N–H and O–H groups in total. The SMILES string of the molecule is CC(C)CCNC(=O)c1ccc(N2CCC(N)CC2)nn1. The van der Waals surface area contributed by atoms with E-state index in [4.69, 9.17) is 5.73 Å². The van der Waals surface area contributed by atoms with Gasteiger partial charge < -0.3 is 16.0 Å². The van der Waals surface area contributed by atoms with Crippen LogP contribution in [0, 0.1) is 5.92 Å². The Labute approximate surface area is 126 Å². The predicted octanol–water partition coefficient (Wildman–Crippen LogP) is 1.18. The van der Waals surface area contributed by atoms with E-state index in [1.807, 2.05) is 6.07 Å². The van der Waals surface area contributed by atoms with E-state index in [-0.39, 0.29) is 5.91 Å². The molecule has 1 aromatic rings. The molecule has 2 heterocycles. The molecule has 6 nitrogen and oxygen atoms in total. The molecule has 0 atom stereocenters. The summed E-state index contributed by atoms with van der Waals surface area (Å²) >= 11 is 0. The number of piperidine rings is 1. The van der Waals surface area contributed by atoms with Crippen LogP contribution in [0.15, 0.2) is 12.1 Å². The van der Waals surface area contributed by atoms with E-state index < -0.39 is 0 Å². The highest BCUT2D eigenvalue weighted by atomic mass is 16.1. The van der Waals surface area contributed by atoms with Gasteiger partial charge in [-0.05, 0) is 37.3 Å². The molecule has 1 aliphatic heterocycles. The molecule has 21 heavy (non-hydrogen) atoms. The third kappa shape index (κ3) is 4.67. The molecule has 116 valence electrons. The van der Waals surface area contributed by atoms with Crippen molar-refractivity contribution in [2.24, 2.45) is 11.7 Å². The zero-order valence-electron chi connectivity index (χ0n) is 12.9. The number of carbonyl (C=O) groups excluding carboxylic acids is 1. The average molecular weight is 291 g/mol. The Hall–Kier alpha value is -1.69. The van der Waals surface area contributed by atoms with Crippen molar-refractivity contribution in [1.29, 1.82) is 0 Å². The maximum Gasteiger partial charge on any atom is 0.271 e. The second-order valence-electron chi connectivity index (χ2n) is 6.04. The molecule has 1 fully saturated rings. The molecular weight excluding hydrogens is 266 g/mol. The summed E-state index contributed by atoms with van der Waals surface area (Å²) < 4.78 is 0. The van der Waals surface area contributed by atoms with E-state index in [1.54, 1.807) is 6.07 Å². The number of amides is 1. The number of rotatable bonds is 5. The Morgan fingerprint density at radius 3 is 2.67 bits per heavy atom. The summed E-state index contributed by atoms with van der Waals surface area (Å²) in [5, 5.41) is 11.1. The van der Waals surface area contributed by atoms with Gasteiger partial charge in [-0.1, -0.05) is 13.8 Å². The maximum absolute atomic E-state index is 11.9. The number of hydrogen-bond donors (Lipinski definition) is 2. The summed E-state index contributed by atoms with van der Waals surface area (Å²) in [6, 6.07) is 3.89. The fraction of sp³-hybridized carbons (Fsp3) is 0.667. The molecule has 1 aliphatic rings. The van der Waals surface area contributed by atoms with Crippen LogP contribution in [0.4, 0.5) is 5.82 Å². The maximum atomic E-state index is 11.9. The quantitative estimate of drug-likeness (QED) is 0.851. The minimum Gasteiger partial charge on any atom is -0.355 e. The summed E-state index contributed by atoms with van der Waals surface area (Å²) in [7, 11) is 0. The topological polar surface area (TPSA) is 84.1 Å². The largest absolute Gasteiger partial charge is 0.355 e. The van der Waals surface area contributed by atoms with Crippen LogP contribution < -0.4 is 16.0 Å². The number of carbonyl (C=O) groups is 1.